The Morgan fingerprint density at radius 1 is 1.23 bits per heavy atom. The number of carbonyl (C=O) groups is 1. The first-order valence-corrected chi connectivity index (χ1v) is 4.77. The van der Waals surface area contributed by atoms with E-state index in [1.807, 2.05) is 0 Å². The van der Waals surface area contributed by atoms with Crippen molar-refractivity contribution in [1.29, 1.82) is 0 Å². The highest BCUT2D eigenvalue weighted by Crippen LogP contribution is 2.31. The summed E-state index contributed by atoms with van der Waals surface area (Å²) in [5.41, 5.74) is 1.36. The van der Waals surface area contributed by atoms with Gasteiger partial charge in [-0.25, -0.2) is 0 Å². The molecule has 13 heavy (non-hydrogen) atoms. The minimum Gasteiger partial charge on any atom is -0.296 e. The van der Waals surface area contributed by atoms with Gasteiger partial charge < -0.3 is 0 Å². The van der Waals surface area contributed by atoms with Crippen molar-refractivity contribution < 1.29 is 4.79 Å². The average molecular weight is 179 g/mol. The quantitative estimate of drug-likeness (QED) is 0.702. The molecule has 0 amide bonds. The van der Waals surface area contributed by atoms with E-state index in [0.29, 0.717) is 11.6 Å². The molecule has 1 fully saturated rings. The number of nitrogens with one attached hydrogen (secondary N) is 1. The second kappa shape index (κ2) is 3.68. The second-order valence-corrected chi connectivity index (χ2v) is 3.55. The van der Waals surface area contributed by atoms with Gasteiger partial charge >= 0.3 is 0 Å². The number of nitrogens with zero attached hydrogens (tertiary/aromatic N) is 2. The topological polar surface area (TPSA) is 58.6 Å². The van der Waals surface area contributed by atoms with Crippen LogP contribution in [0, 0.1) is 0 Å². The van der Waals surface area contributed by atoms with E-state index in [-0.39, 0.29) is 0 Å². The maximum atomic E-state index is 10.6. The van der Waals surface area contributed by atoms with Crippen LogP contribution in [0.15, 0.2) is 0 Å². The van der Waals surface area contributed by atoms with Gasteiger partial charge in [-0.15, -0.1) is 0 Å². The predicted molar refractivity (Wildman–Crippen MR) is 47.6 cm³/mol. The van der Waals surface area contributed by atoms with Crippen LogP contribution in [0.3, 0.4) is 0 Å². The minimum absolute atomic E-state index is 0.452. The van der Waals surface area contributed by atoms with Crippen LogP contribution in [-0.4, -0.2) is 21.7 Å². The molecule has 1 aliphatic carbocycles. The third-order valence-corrected chi connectivity index (χ3v) is 2.71. The molecule has 1 aromatic rings. The van der Waals surface area contributed by atoms with Gasteiger partial charge in [0.05, 0.1) is 5.69 Å². The summed E-state index contributed by atoms with van der Waals surface area (Å²) in [5.74, 6) is 0.452. The highest BCUT2D eigenvalue weighted by molar-refractivity contribution is 5.73. The van der Waals surface area contributed by atoms with Gasteiger partial charge in [-0.1, -0.05) is 19.3 Å². The summed E-state index contributed by atoms with van der Waals surface area (Å²) in [5, 5.41) is 10.4. The molecule has 0 radical (unpaired) electrons. The van der Waals surface area contributed by atoms with Gasteiger partial charge in [-0.05, 0) is 12.8 Å². The van der Waals surface area contributed by atoms with E-state index in [9.17, 15) is 4.79 Å². The first-order valence-electron chi connectivity index (χ1n) is 4.77. The number of hydrogen-bond acceptors (Lipinski definition) is 3. The number of aldehydes is 1. The molecular weight excluding hydrogens is 166 g/mol. The molecule has 0 atom stereocenters. The molecule has 1 saturated carbocycles. The van der Waals surface area contributed by atoms with Crippen molar-refractivity contribution in [3.8, 4) is 0 Å². The normalized spacial score (nSPS) is 18.8. The highest BCUT2D eigenvalue weighted by Gasteiger charge is 2.21. The Bertz CT molecular complexity index is 289. The van der Waals surface area contributed by atoms with E-state index in [1.54, 1.807) is 0 Å². The molecule has 1 aliphatic rings. The number of aromatic amines is 1. The van der Waals surface area contributed by atoms with E-state index < -0.39 is 0 Å². The summed E-state index contributed by atoms with van der Waals surface area (Å²) in [6.45, 7) is 0. The Hall–Kier alpha value is -1.19. The van der Waals surface area contributed by atoms with Crippen LogP contribution in [0.4, 0.5) is 0 Å². The molecule has 4 heteroatoms. The molecule has 1 N–H and O–H groups in total. The van der Waals surface area contributed by atoms with Crippen molar-refractivity contribution in [1.82, 2.24) is 15.4 Å². The van der Waals surface area contributed by atoms with Crippen LogP contribution in [0.2, 0.25) is 0 Å². The van der Waals surface area contributed by atoms with Gasteiger partial charge in [0, 0.05) is 5.92 Å². The van der Waals surface area contributed by atoms with Crippen LogP contribution in [0.1, 0.15) is 54.2 Å². The third-order valence-electron chi connectivity index (χ3n) is 2.71. The standard InChI is InChI=1S/C9H13N3O/c13-6-8-9(11-12-10-8)7-4-2-1-3-5-7/h6-7H,1-5H2,(H,10,11,12). The van der Waals surface area contributed by atoms with Crippen molar-refractivity contribution in [3.63, 3.8) is 0 Å². The Kier molecular flexibility index (Phi) is 2.38. The average Bonchev–Trinajstić information content (AvgIpc) is 2.67. The molecule has 70 valence electrons. The molecule has 2 rings (SSSR count). The second-order valence-electron chi connectivity index (χ2n) is 3.55. The van der Waals surface area contributed by atoms with Crippen molar-refractivity contribution in [2.45, 2.75) is 38.0 Å². The molecule has 0 spiro atoms. The van der Waals surface area contributed by atoms with E-state index in [1.165, 1.54) is 19.3 Å². The number of H-pyrrole nitrogens is 1. The first kappa shape index (κ1) is 8.41. The van der Waals surface area contributed by atoms with Gasteiger partial charge in [-0.2, -0.15) is 15.4 Å². The fourth-order valence-electron chi connectivity index (χ4n) is 2.01. The molecule has 0 unspecified atom stereocenters. The molecule has 1 heterocycles. The zero-order valence-electron chi connectivity index (χ0n) is 7.49. The van der Waals surface area contributed by atoms with Crippen molar-refractivity contribution >= 4 is 6.29 Å². The summed E-state index contributed by atoms with van der Waals surface area (Å²) in [6, 6.07) is 0. The number of carbonyl (C=O) groups excluding carboxylic acids is 1. The van der Waals surface area contributed by atoms with Crippen molar-refractivity contribution in [2.75, 3.05) is 0 Å². The van der Waals surface area contributed by atoms with Crippen LogP contribution in [-0.2, 0) is 0 Å². The largest absolute Gasteiger partial charge is 0.296 e. The van der Waals surface area contributed by atoms with Crippen LogP contribution < -0.4 is 0 Å². The summed E-state index contributed by atoms with van der Waals surface area (Å²) in [4.78, 5) is 10.6. The van der Waals surface area contributed by atoms with E-state index >= 15 is 0 Å². The van der Waals surface area contributed by atoms with Crippen molar-refractivity contribution in [2.24, 2.45) is 0 Å². The summed E-state index contributed by atoms with van der Waals surface area (Å²) in [7, 11) is 0. The smallest absolute Gasteiger partial charge is 0.172 e. The number of aromatic nitrogens is 3. The molecular formula is C9H13N3O. The van der Waals surface area contributed by atoms with Gasteiger partial charge in [0.1, 0.15) is 5.69 Å². The first-order chi connectivity index (χ1) is 6.42. The molecule has 0 aromatic carbocycles. The fourth-order valence-corrected chi connectivity index (χ4v) is 2.01. The predicted octanol–water partition coefficient (Wildman–Crippen LogP) is 1.66. The molecule has 1 aromatic heterocycles. The van der Waals surface area contributed by atoms with Gasteiger partial charge in [0.2, 0.25) is 0 Å². The van der Waals surface area contributed by atoms with E-state index in [2.05, 4.69) is 15.4 Å². The van der Waals surface area contributed by atoms with Crippen LogP contribution >= 0.6 is 0 Å². The maximum Gasteiger partial charge on any atom is 0.172 e. The van der Waals surface area contributed by atoms with Gasteiger partial charge in [-0.3, -0.25) is 4.79 Å². The maximum absolute atomic E-state index is 10.6. The molecule has 4 nitrogen and oxygen atoms in total. The Balaban J connectivity index is 2.17. The Morgan fingerprint density at radius 2 is 2.00 bits per heavy atom. The summed E-state index contributed by atoms with van der Waals surface area (Å²) >= 11 is 0. The Morgan fingerprint density at radius 3 is 2.69 bits per heavy atom. The molecule has 0 aliphatic heterocycles. The zero-order chi connectivity index (χ0) is 9.10. The van der Waals surface area contributed by atoms with Gasteiger partial charge in [0.15, 0.2) is 6.29 Å². The lowest BCUT2D eigenvalue weighted by molar-refractivity contribution is 0.111. The third kappa shape index (κ3) is 1.61. The lowest BCUT2D eigenvalue weighted by atomic mass is 9.86. The van der Waals surface area contributed by atoms with Crippen LogP contribution in [0.5, 0.6) is 0 Å². The summed E-state index contributed by atoms with van der Waals surface area (Å²) < 4.78 is 0. The van der Waals surface area contributed by atoms with Crippen molar-refractivity contribution in [3.05, 3.63) is 11.4 Å². The van der Waals surface area contributed by atoms with Crippen LogP contribution in [0.25, 0.3) is 0 Å². The van der Waals surface area contributed by atoms with Gasteiger partial charge in [0.25, 0.3) is 0 Å². The monoisotopic (exact) mass is 179 g/mol. The molecule has 0 bridgehead atoms. The number of rotatable bonds is 2. The minimum atomic E-state index is 0.452. The lowest BCUT2D eigenvalue weighted by Gasteiger charge is -2.19. The number of hydrogen-bond donors (Lipinski definition) is 1. The Labute approximate surface area is 76.7 Å². The SMILES string of the molecule is O=Cc1n[nH]nc1C1CCCCC1. The van der Waals surface area contributed by atoms with E-state index in [0.717, 1.165) is 24.8 Å². The lowest BCUT2D eigenvalue weighted by Crippen LogP contribution is -2.07. The summed E-state index contributed by atoms with van der Waals surface area (Å²) in [6.07, 6.45) is 6.88. The fraction of sp³-hybridized carbons (Fsp3) is 0.667. The zero-order valence-corrected chi connectivity index (χ0v) is 7.49. The van der Waals surface area contributed by atoms with E-state index in [4.69, 9.17) is 0 Å². The highest BCUT2D eigenvalue weighted by atomic mass is 16.1. The molecule has 0 saturated heterocycles.